The quantitative estimate of drug-likeness (QED) is 0.0161. The van der Waals surface area contributed by atoms with Crippen LogP contribution in [0.3, 0.4) is 0 Å². The third-order valence-corrected chi connectivity index (χ3v) is 23.2. The van der Waals surface area contributed by atoms with Crippen LogP contribution in [0.25, 0.3) is 16.7 Å². The average Bonchev–Trinajstić information content (AvgIpc) is 1.29. The maximum absolute atomic E-state index is 13.8. The fraction of sp³-hybridized carbons (Fsp3) is 0.528. The van der Waals surface area contributed by atoms with Crippen molar-refractivity contribution in [3.05, 3.63) is 86.9 Å². The molecule has 0 aliphatic carbocycles. The van der Waals surface area contributed by atoms with Crippen LogP contribution in [0.5, 0.6) is 11.5 Å². The number of ether oxygens (including phenoxy) is 2. The Morgan fingerprint density at radius 3 is 2.28 bits per heavy atom. The maximum Gasteiger partial charge on any atom is 0.489 e. The van der Waals surface area contributed by atoms with Crippen LogP contribution >= 0.6 is 23.4 Å². The molecule has 11 N–H and O–H groups in total. The number of aromatic nitrogens is 4. The van der Waals surface area contributed by atoms with Gasteiger partial charge >= 0.3 is 23.4 Å². The van der Waals surface area contributed by atoms with E-state index in [1.54, 1.807) is 0 Å². The minimum atomic E-state index is -5.76. The Morgan fingerprint density at radius 2 is 1.49 bits per heavy atom. The Labute approximate surface area is 500 Å². The fourth-order valence-corrected chi connectivity index (χ4v) is 18.2. The molecule has 0 spiro atoms. The van der Waals surface area contributed by atoms with Gasteiger partial charge in [-0.15, -0.1) is 0 Å². The van der Waals surface area contributed by atoms with E-state index >= 15 is 0 Å². The number of anilines is 2. The molecule has 6 aliphatic rings. The first-order valence-corrected chi connectivity index (χ1v) is 36.4. The molecule has 1 amide bonds. The molecule has 0 saturated carbocycles. The first-order valence-electron chi connectivity index (χ1n) is 29.0. The molecule has 0 bridgehead atoms. The van der Waals surface area contributed by atoms with Gasteiger partial charge in [0.05, 0.1) is 23.4 Å². The number of benzene rings is 3. The number of aliphatic hydroxyl groups excluding tert-OH is 2. The number of carbonyl (C=O) groups excluding carboxylic acids is 1. The van der Waals surface area contributed by atoms with Crippen molar-refractivity contribution in [2.24, 2.45) is 0 Å². The standard InChI is InChI=1S/C53H69N10O19P3S2/c54-51-44-52(57-30-56-51)63(31-58-44)53-48(66)47(65)40(79-53)29-78-84(69,70)82-85(71,72)81-83(67,68)59-20-6-2-1-5-19-55-42(64)16-4-3-7-21-60-86(73,74)34-17-18-35(41(28-34)87(75,76)77)43-38-26-32-12-8-22-61-24-10-14-36(45(32)61)49(38)80-50-37-15-11-25-62-23-9-13-33(46(37)62)27-39(43)50/h17-18,26-28,30-31,40,47-48,53,60,65-66H,1-16,19-25,29H2,(H7-,54,55,56,57,59,64,67,68,69,70,71,72,75,76,77)/p+1/t40-,47-,48-,53-/m1/s1. The number of sulfonamides is 1. The van der Waals surface area contributed by atoms with Gasteiger partial charge in [0, 0.05) is 90.7 Å². The summed E-state index contributed by atoms with van der Waals surface area (Å²) in [6.07, 6.45) is 6.56. The number of nitrogens with two attached hydrogens (primary N) is 1. The number of phosphoric acid groups is 2. The molecule has 29 nitrogen and oxygen atoms in total. The highest BCUT2D eigenvalue weighted by atomic mass is 32.2. The number of nitrogens with one attached hydrogen (secondary N) is 3. The largest absolute Gasteiger partial charge is 0.489 e. The minimum Gasteiger partial charge on any atom is -0.455 e. The second kappa shape index (κ2) is 25.6. The van der Waals surface area contributed by atoms with Crippen LogP contribution in [-0.2, 0) is 82.2 Å². The number of fused-ring (bicyclic) bond motifs is 5. The van der Waals surface area contributed by atoms with Gasteiger partial charge in [-0.3, -0.25) is 18.4 Å². The second-order valence-corrected chi connectivity index (χ2v) is 30.4. The molecule has 34 heteroatoms. The molecule has 2 aromatic heterocycles. The van der Waals surface area contributed by atoms with Crippen molar-refractivity contribution >= 4 is 77.7 Å². The summed E-state index contributed by atoms with van der Waals surface area (Å²) >= 11 is 0. The lowest BCUT2D eigenvalue weighted by Gasteiger charge is -2.39. The van der Waals surface area contributed by atoms with Gasteiger partial charge in [0.1, 0.15) is 59.6 Å². The Hall–Kier alpha value is -5.14. The van der Waals surface area contributed by atoms with E-state index in [2.05, 4.69) is 64.8 Å². The number of nitrogens with zero attached hydrogens (tertiary/aromatic N) is 6. The first kappa shape index (κ1) is 63.4. The number of aryl methyl sites for hydroxylation is 2. The Morgan fingerprint density at radius 1 is 0.782 bits per heavy atom. The van der Waals surface area contributed by atoms with E-state index in [0.717, 1.165) is 123 Å². The van der Waals surface area contributed by atoms with Gasteiger partial charge in [-0.1, -0.05) is 25.3 Å². The predicted molar refractivity (Wildman–Crippen MR) is 313 cm³/mol. The molecule has 3 aromatic carbocycles. The highest BCUT2D eigenvalue weighted by Crippen LogP contribution is 2.66. The molecular weight excluding hydrogens is 1240 g/mol. The van der Waals surface area contributed by atoms with Gasteiger partial charge in [-0.2, -0.15) is 17.0 Å². The first-order chi connectivity index (χ1) is 41.4. The number of carbonyl (C=O) groups is 1. The summed E-state index contributed by atoms with van der Waals surface area (Å²) in [7, 11) is -25.7. The van der Waals surface area contributed by atoms with Crippen LogP contribution < -0.4 is 45.6 Å². The summed E-state index contributed by atoms with van der Waals surface area (Å²) in [6.45, 7) is 2.92. The average molecular weight is 1310 g/mol. The molecule has 87 heavy (non-hydrogen) atoms. The molecule has 6 aliphatic heterocycles. The summed E-state index contributed by atoms with van der Waals surface area (Å²) in [4.78, 5) is 56.3. The molecule has 11 rings (SSSR count). The van der Waals surface area contributed by atoms with Crippen LogP contribution in [0.1, 0.15) is 117 Å². The van der Waals surface area contributed by atoms with Crippen molar-refractivity contribution in [3.63, 3.8) is 0 Å². The Kier molecular flexibility index (Phi) is 18.7. The number of unbranched alkanes of at least 4 members (excludes halogenated alkanes) is 5. The maximum atomic E-state index is 13.8. The Bertz CT molecular complexity index is 4040. The van der Waals surface area contributed by atoms with E-state index in [1.165, 1.54) is 34.1 Å². The molecule has 7 atom stereocenters. The normalized spacial score (nSPS) is 21.9. The Balaban J connectivity index is 0.612. The number of rotatable bonds is 26. The van der Waals surface area contributed by atoms with E-state index in [0.29, 0.717) is 62.1 Å². The molecule has 1 fully saturated rings. The number of hydrogen-bond donors (Lipinski definition) is 10. The topological polar surface area (TPSA) is 416 Å². The zero-order valence-corrected chi connectivity index (χ0v) is 51.5. The molecule has 8 heterocycles. The summed E-state index contributed by atoms with van der Waals surface area (Å²) in [5.74, 6) is 1.17. The van der Waals surface area contributed by atoms with Crippen LogP contribution in [0.15, 0.2) is 52.8 Å². The van der Waals surface area contributed by atoms with Gasteiger partial charge in [0.2, 0.25) is 21.3 Å². The monoisotopic (exact) mass is 1310 g/mol. The lowest BCUT2D eigenvalue weighted by molar-refractivity contribution is -0.121. The smallest absolute Gasteiger partial charge is 0.455 e. The van der Waals surface area contributed by atoms with Crippen molar-refractivity contribution in [3.8, 4) is 11.5 Å². The highest BCUT2D eigenvalue weighted by molar-refractivity contribution is 7.89. The molecule has 472 valence electrons. The van der Waals surface area contributed by atoms with E-state index < -0.39 is 79.6 Å². The summed E-state index contributed by atoms with van der Waals surface area (Å²) in [6, 6.07) is 8.08. The summed E-state index contributed by atoms with van der Waals surface area (Å²) in [5.41, 5.74) is 13.3. The SMILES string of the molecule is Nc1ncnc2c1ncn2[C@@H]1O[C@H](COP(=O)(O)OP(=O)(O)OP(=O)(O)NCCCCCCNC(=O)CCCCCNS(=O)(=O)c2ccc(C3=c4cc5c6c(c4Oc4c3cc3c7c4CCCN7CCC3)CCC[N+]=6CCC5)c(S(=O)(=O)O)c2)[C@@H](O)[C@H]1O. The predicted octanol–water partition coefficient (Wildman–Crippen LogP) is 2.87. The van der Waals surface area contributed by atoms with Crippen molar-refractivity contribution < 1.29 is 87.4 Å². The van der Waals surface area contributed by atoms with Gasteiger partial charge in [-0.05, 0) is 94.0 Å². The van der Waals surface area contributed by atoms with Crippen molar-refractivity contribution in [1.29, 1.82) is 0 Å². The van der Waals surface area contributed by atoms with Crippen molar-refractivity contribution in [2.75, 3.05) is 63.1 Å². The minimum absolute atomic E-state index is 0.00380. The number of hydrogen-bond acceptors (Lipinski definition) is 20. The van der Waals surface area contributed by atoms with E-state index in [9.17, 15) is 64.8 Å². The van der Waals surface area contributed by atoms with Gasteiger partial charge in [0.25, 0.3) is 10.1 Å². The van der Waals surface area contributed by atoms with Crippen molar-refractivity contribution in [2.45, 2.75) is 137 Å². The highest BCUT2D eigenvalue weighted by Gasteiger charge is 2.47. The fourth-order valence-electron chi connectivity index (χ4n) is 12.6. The molecule has 0 radical (unpaired) electrons. The molecule has 1 saturated heterocycles. The zero-order chi connectivity index (χ0) is 61.6. The lowest BCUT2D eigenvalue weighted by Crippen LogP contribution is -2.45. The number of amides is 1. The van der Waals surface area contributed by atoms with Gasteiger partial charge in [-0.25, -0.2) is 51.4 Å². The van der Waals surface area contributed by atoms with E-state index in [1.807, 2.05) is 0 Å². The van der Waals surface area contributed by atoms with Crippen LogP contribution in [-0.4, -0.2) is 142 Å². The van der Waals surface area contributed by atoms with E-state index in [4.69, 9.17) is 15.2 Å². The van der Waals surface area contributed by atoms with Crippen molar-refractivity contribution in [1.82, 2.24) is 39.2 Å². The van der Waals surface area contributed by atoms with Gasteiger partial charge in [0.15, 0.2) is 17.7 Å². The number of imidazole rings is 1. The zero-order valence-electron chi connectivity index (χ0n) is 47.2. The van der Waals surface area contributed by atoms with Crippen LogP contribution in [0, 0.1) is 0 Å². The molecule has 5 aromatic rings. The summed E-state index contributed by atoms with van der Waals surface area (Å²) < 4.78 is 135. The third kappa shape index (κ3) is 13.8. The van der Waals surface area contributed by atoms with E-state index in [-0.39, 0.29) is 59.3 Å². The van der Waals surface area contributed by atoms with Crippen LogP contribution in [0.4, 0.5) is 11.5 Å². The van der Waals surface area contributed by atoms with Gasteiger partial charge < -0.3 is 50.3 Å². The number of phosphoric ester groups is 1. The number of aliphatic hydroxyl groups is 2. The number of nitrogen functional groups attached to an aromatic ring is 1. The summed E-state index contributed by atoms with van der Waals surface area (Å²) in [5, 5.41) is 27.9. The third-order valence-electron chi connectivity index (χ3n) is 16.4. The molecular formula is C53H70N10O19P3S2+. The van der Waals surface area contributed by atoms with Crippen LogP contribution in [0.2, 0.25) is 0 Å². The molecule has 3 unspecified atom stereocenters. The second-order valence-electron chi connectivity index (χ2n) is 22.4. The lowest BCUT2D eigenvalue weighted by atomic mass is 9.82.